The summed E-state index contributed by atoms with van der Waals surface area (Å²) in [6.45, 7) is 1.05. The molecule has 5 aliphatic rings. The molecule has 0 saturated carbocycles. The Morgan fingerprint density at radius 1 is 0.838 bits per heavy atom. The number of carbonyl (C=O) groups excluding carboxylic acids is 4. The molecule has 68 heavy (non-hydrogen) atoms. The normalized spacial score (nSPS) is 21.3. The monoisotopic (exact) mass is 922 g/mol. The van der Waals surface area contributed by atoms with Gasteiger partial charge in [0.05, 0.1) is 68.4 Å². The van der Waals surface area contributed by atoms with Crippen LogP contribution in [0.25, 0.3) is 22.3 Å². The van der Waals surface area contributed by atoms with E-state index in [1.165, 1.54) is 45.6 Å². The molecule has 17 heteroatoms. The third-order valence-electron chi connectivity index (χ3n) is 13.5. The molecule has 0 amide bonds. The first-order valence-electron chi connectivity index (χ1n) is 21.9. The van der Waals surface area contributed by atoms with Crippen LogP contribution in [0.1, 0.15) is 69.1 Å². The molecule has 4 aromatic carbocycles. The van der Waals surface area contributed by atoms with Crippen LogP contribution in [0.3, 0.4) is 0 Å². The smallest absolute Gasteiger partial charge is 0.355 e. The number of para-hydroxylation sites is 1. The van der Waals surface area contributed by atoms with E-state index in [2.05, 4.69) is 0 Å². The number of aromatic nitrogens is 2. The van der Waals surface area contributed by atoms with E-state index in [1.807, 2.05) is 30.3 Å². The molecule has 0 bridgehead atoms. The van der Waals surface area contributed by atoms with E-state index in [1.54, 1.807) is 41.8 Å². The molecule has 346 valence electrons. The van der Waals surface area contributed by atoms with Gasteiger partial charge in [-0.25, -0.2) is 19.4 Å². The number of fused-ring (bicyclic) bond motifs is 8. The second-order valence-corrected chi connectivity index (χ2v) is 17.0. The van der Waals surface area contributed by atoms with Gasteiger partial charge in [-0.1, -0.05) is 25.1 Å². The van der Waals surface area contributed by atoms with Gasteiger partial charge in [0.2, 0.25) is 18.1 Å². The number of esters is 4. The largest absolute Gasteiger partial charge is 0.493 e. The fourth-order valence-electron chi connectivity index (χ4n) is 10.3. The Hall–Kier alpha value is -8.08. The standard InChI is InChI=1S/C51H42N2O15/c1-5-51(34-19-36-44-28(14-26-8-6-7-9-35(26)52-44)20-53(36)47(55)32(34)21-64-50(51)58)68-41(54)23-62-29-12-10-25(11-13-29)48(56)67-45-31-18-38-37(65-24-66-38)17-30(31)42(43-33(45)22-63-49(43)57)27-15-39(59-2)46(61-4)40(16-27)60-3/h6-19,33,42-43,45H,5,20-24H2,1-4H3/t33?,42-,43+,45+,51+/m1/s1. The van der Waals surface area contributed by atoms with Gasteiger partial charge in [-0.3, -0.25) is 9.59 Å². The Morgan fingerprint density at radius 3 is 2.29 bits per heavy atom. The summed E-state index contributed by atoms with van der Waals surface area (Å²) in [5.74, 6) is -2.48. The average molecular weight is 923 g/mol. The van der Waals surface area contributed by atoms with E-state index in [-0.39, 0.29) is 54.4 Å². The number of pyridine rings is 2. The van der Waals surface area contributed by atoms with Crippen LogP contribution >= 0.6 is 0 Å². The predicted octanol–water partition coefficient (Wildman–Crippen LogP) is 6.30. The van der Waals surface area contributed by atoms with E-state index in [0.717, 1.165) is 16.5 Å². The highest BCUT2D eigenvalue weighted by Gasteiger charge is 2.55. The maximum Gasteiger partial charge on any atom is 0.355 e. The van der Waals surface area contributed by atoms with Crippen molar-refractivity contribution >= 4 is 34.8 Å². The lowest BCUT2D eigenvalue weighted by molar-refractivity contribution is -0.190. The highest BCUT2D eigenvalue weighted by molar-refractivity contribution is 5.91. The Balaban J connectivity index is 0.825. The van der Waals surface area contributed by atoms with Gasteiger partial charge in [0.15, 0.2) is 29.6 Å². The van der Waals surface area contributed by atoms with Gasteiger partial charge in [0, 0.05) is 33.9 Å². The molecule has 17 nitrogen and oxygen atoms in total. The number of rotatable bonds is 11. The van der Waals surface area contributed by atoms with Crippen molar-refractivity contribution in [3.63, 3.8) is 0 Å². The zero-order chi connectivity index (χ0) is 47.0. The van der Waals surface area contributed by atoms with Gasteiger partial charge in [0.25, 0.3) is 5.56 Å². The van der Waals surface area contributed by atoms with Crippen LogP contribution in [-0.4, -0.2) is 74.8 Å². The number of cyclic esters (lactones) is 2. The summed E-state index contributed by atoms with van der Waals surface area (Å²) in [6, 6.07) is 24.4. The van der Waals surface area contributed by atoms with Crippen molar-refractivity contribution in [1.82, 2.24) is 9.55 Å². The molecule has 1 saturated heterocycles. The molecule has 6 aromatic rings. The summed E-state index contributed by atoms with van der Waals surface area (Å²) in [5, 5.41) is 0.933. The van der Waals surface area contributed by atoms with E-state index in [4.69, 9.17) is 52.4 Å². The number of carbonyl (C=O) groups is 4. The summed E-state index contributed by atoms with van der Waals surface area (Å²) in [7, 11) is 4.52. The minimum Gasteiger partial charge on any atom is -0.493 e. The van der Waals surface area contributed by atoms with Crippen LogP contribution in [0, 0.1) is 11.8 Å². The van der Waals surface area contributed by atoms with Crippen LogP contribution < -0.4 is 34.0 Å². The van der Waals surface area contributed by atoms with Gasteiger partial charge in [-0.05, 0) is 84.3 Å². The molecule has 5 atom stereocenters. The van der Waals surface area contributed by atoms with Gasteiger partial charge in [0.1, 0.15) is 18.5 Å². The molecule has 1 aliphatic carbocycles. The Labute approximate surface area is 387 Å². The third-order valence-corrected chi connectivity index (χ3v) is 13.5. The van der Waals surface area contributed by atoms with Crippen molar-refractivity contribution in [2.75, 3.05) is 41.3 Å². The highest BCUT2D eigenvalue weighted by Crippen LogP contribution is 2.57. The molecule has 11 rings (SSSR count). The molecule has 1 unspecified atom stereocenters. The fourth-order valence-corrected chi connectivity index (χ4v) is 10.3. The Kier molecular flexibility index (Phi) is 10.2. The third kappa shape index (κ3) is 6.66. The molecule has 4 aliphatic heterocycles. The summed E-state index contributed by atoms with van der Waals surface area (Å²) in [6.07, 6.45) is -0.956. The van der Waals surface area contributed by atoms with Crippen LogP contribution in [0.15, 0.2) is 89.7 Å². The lowest BCUT2D eigenvalue weighted by Crippen LogP contribution is -2.48. The molecule has 0 radical (unpaired) electrons. The van der Waals surface area contributed by atoms with Crippen molar-refractivity contribution in [1.29, 1.82) is 0 Å². The van der Waals surface area contributed by atoms with Gasteiger partial charge >= 0.3 is 23.9 Å². The minimum absolute atomic E-state index is 0.00694. The summed E-state index contributed by atoms with van der Waals surface area (Å²) >= 11 is 0. The number of nitrogens with zero attached hydrogens (tertiary/aromatic N) is 2. The topological polar surface area (TPSA) is 195 Å². The molecule has 1 fully saturated rings. The van der Waals surface area contributed by atoms with E-state index >= 15 is 0 Å². The SMILES string of the molecule is CC[C@@]1(OC(=O)COc2ccc(C(=O)O[C@H]3c4cc5c(cc4[C@@H](c4cc(OC)c(OC)c(OC)c4)[C@H]4C(=O)OCC34)OCO5)cc2)C(=O)OCc2c1cc1n(c2=O)Cc2cc3ccccc3nc2-1. The second kappa shape index (κ2) is 16.4. The van der Waals surface area contributed by atoms with Crippen molar-refractivity contribution in [2.45, 2.75) is 44.1 Å². The Bertz CT molecular complexity index is 3160. The molecule has 0 N–H and O–H groups in total. The zero-order valence-electron chi connectivity index (χ0n) is 37.2. The van der Waals surface area contributed by atoms with Crippen LogP contribution in [-0.2, 0) is 52.1 Å². The fraction of sp³-hybridized carbons (Fsp3) is 0.294. The van der Waals surface area contributed by atoms with Crippen LogP contribution in [0.5, 0.6) is 34.5 Å². The van der Waals surface area contributed by atoms with E-state index < -0.39 is 59.9 Å². The Morgan fingerprint density at radius 2 is 1.57 bits per heavy atom. The highest BCUT2D eigenvalue weighted by atomic mass is 16.7. The van der Waals surface area contributed by atoms with E-state index in [0.29, 0.717) is 63.4 Å². The van der Waals surface area contributed by atoms with Crippen molar-refractivity contribution in [3.05, 3.63) is 134 Å². The lowest BCUT2D eigenvalue weighted by atomic mass is 9.66. The summed E-state index contributed by atoms with van der Waals surface area (Å²) in [4.78, 5) is 73.6. The molecule has 6 heterocycles. The first-order valence-corrected chi connectivity index (χ1v) is 21.9. The molecule has 0 spiro atoms. The lowest BCUT2D eigenvalue weighted by Gasteiger charge is -2.38. The molecular formula is C51H42N2O15. The summed E-state index contributed by atoms with van der Waals surface area (Å²) < 4.78 is 59.1. The van der Waals surface area contributed by atoms with Crippen molar-refractivity contribution < 1.29 is 66.5 Å². The predicted molar refractivity (Wildman–Crippen MR) is 237 cm³/mol. The first kappa shape index (κ1) is 42.5. The van der Waals surface area contributed by atoms with Crippen molar-refractivity contribution in [2.24, 2.45) is 11.8 Å². The van der Waals surface area contributed by atoms with Crippen molar-refractivity contribution in [3.8, 4) is 45.9 Å². The molecule has 2 aromatic heterocycles. The molecular weight excluding hydrogens is 881 g/mol. The number of hydrogen-bond donors (Lipinski definition) is 0. The maximum absolute atomic E-state index is 14.0. The van der Waals surface area contributed by atoms with Gasteiger partial charge in [-0.15, -0.1) is 0 Å². The zero-order valence-corrected chi connectivity index (χ0v) is 37.2. The van der Waals surface area contributed by atoms with Crippen LogP contribution in [0.4, 0.5) is 0 Å². The summed E-state index contributed by atoms with van der Waals surface area (Å²) in [5.41, 5.74) is 3.02. The minimum atomic E-state index is -1.92. The first-order chi connectivity index (χ1) is 33.0. The number of hydrogen-bond acceptors (Lipinski definition) is 16. The number of benzene rings is 4. The van der Waals surface area contributed by atoms with Crippen LogP contribution in [0.2, 0.25) is 0 Å². The van der Waals surface area contributed by atoms with Gasteiger partial charge in [-0.2, -0.15) is 0 Å². The number of methoxy groups -OCH3 is 3. The maximum atomic E-state index is 14.0. The van der Waals surface area contributed by atoms with E-state index in [9.17, 15) is 24.0 Å². The number of ether oxygens (including phenoxy) is 10. The van der Waals surface area contributed by atoms with Gasteiger partial charge < -0.3 is 51.9 Å². The average Bonchev–Trinajstić information content (AvgIpc) is 4.09. The quantitative estimate of drug-likeness (QED) is 0.104. The second-order valence-electron chi connectivity index (χ2n) is 17.0.